The van der Waals surface area contributed by atoms with Crippen LogP contribution in [0.15, 0.2) is 72.8 Å². The number of aromatic carboxylic acids is 1. The molecule has 0 amide bonds. The monoisotopic (exact) mass is 382 g/mol. The standard InChI is InChI=1S/C27H26O2/c1-18(2)19-11-13-21(14-12-19)26-24(20-7-4-3-5-8-20)10-6-9-22-17-23(27(28)29)15-16-25(22)26/h3-5,7-8,11-18H,6,9-10H2,1-2H3,(H,28,29). The molecule has 0 saturated heterocycles. The lowest BCUT2D eigenvalue weighted by Gasteiger charge is -2.17. The van der Waals surface area contributed by atoms with Gasteiger partial charge in [-0.05, 0) is 76.3 Å². The SMILES string of the molecule is CC(C)c1ccc(C2=C(c3ccccc3)CCCc3cc(C(=O)O)ccc32)cc1. The van der Waals surface area contributed by atoms with E-state index in [2.05, 4.69) is 62.4 Å². The first-order valence-corrected chi connectivity index (χ1v) is 10.3. The highest BCUT2D eigenvalue weighted by atomic mass is 16.4. The van der Waals surface area contributed by atoms with Crippen molar-refractivity contribution in [2.24, 2.45) is 0 Å². The molecule has 0 unspecified atom stereocenters. The largest absolute Gasteiger partial charge is 0.478 e. The molecular weight excluding hydrogens is 356 g/mol. The summed E-state index contributed by atoms with van der Waals surface area (Å²) < 4.78 is 0. The molecule has 0 aromatic heterocycles. The number of aryl methyl sites for hydroxylation is 1. The minimum Gasteiger partial charge on any atom is -0.478 e. The van der Waals surface area contributed by atoms with E-state index in [1.54, 1.807) is 6.07 Å². The number of carboxylic acids is 1. The zero-order valence-corrected chi connectivity index (χ0v) is 17.0. The fourth-order valence-electron chi connectivity index (χ4n) is 4.21. The van der Waals surface area contributed by atoms with Crippen LogP contribution in [0.5, 0.6) is 0 Å². The number of benzene rings is 3. The van der Waals surface area contributed by atoms with E-state index in [0.29, 0.717) is 11.5 Å². The molecule has 1 N–H and O–H groups in total. The Labute approximate surface area is 172 Å². The van der Waals surface area contributed by atoms with E-state index in [-0.39, 0.29) is 0 Å². The zero-order chi connectivity index (χ0) is 20.4. The number of rotatable bonds is 4. The van der Waals surface area contributed by atoms with E-state index in [1.807, 2.05) is 18.2 Å². The van der Waals surface area contributed by atoms with E-state index in [4.69, 9.17) is 0 Å². The third-order valence-corrected chi connectivity index (χ3v) is 5.78. The van der Waals surface area contributed by atoms with Gasteiger partial charge in [0.2, 0.25) is 0 Å². The number of hydrogen-bond donors (Lipinski definition) is 1. The number of allylic oxidation sites excluding steroid dienone is 1. The van der Waals surface area contributed by atoms with E-state index >= 15 is 0 Å². The summed E-state index contributed by atoms with van der Waals surface area (Å²) in [5.74, 6) is -0.377. The van der Waals surface area contributed by atoms with Crippen molar-refractivity contribution >= 4 is 17.1 Å². The Morgan fingerprint density at radius 1 is 0.862 bits per heavy atom. The van der Waals surface area contributed by atoms with Crippen molar-refractivity contribution < 1.29 is 9.90 Å². The van der Waals surface area contributed by atoms with Crippen molar-refractivity contribution in [3.63, 3.8) is 0 Å². The molecule has 1 aliphatic rings. The Morgan fingerprint density at radius 2 is 1.59 bits per heavy atom. The number of fused-ring (bicyclic) bond motifs is 1. The van der Waals surface area contributed by atoms with Gasteiger partial charge >= 0.3 is 5.97 Å². The molecular formula is C27H26O2. The smallest absolute Gasteiger partial charge is 0.335 e. The average molecular weight is 383 g/mol. The van der Waals surface area contributed by atoms with Crippen LogP contribution in [-0.4, -0.2) is 11.1 Å². The fraction of sp³-hybridized carbons (Fsp3) is 0.222. The fourth-order valence-corrected chi connectivity index (χ4v) is 4.21. The molecule has 4 rings (SSSR count). The highest BCUT2D eigenvalue weighted by Crippen LogP contribution is 2.40. The molecule has 2 nitrogen and oxygen atoms in total. The van der Waals surface area contributed by atoms with Crippen molar-refractivity contribution in [1.82, 2.24) is 0 Å². The lowest BCUT2D eigenvalue weighted by Crippen LogP contribution is -2.01. The van der Waals surface area contributed by atoms with Gasteiger partial charge in [-0.15, -0.1) is 0 Å². The van der Waals surface area contributed by atoms with Crippen LogP contribution < -0.4 is 0 Å². The van der Waals surface area contributed by atoms with Gasteiger partial charge in [0, 0.05) is 0 Å². The second-order valence-corrected chi connectivity index (χ2v) is 8.03. The Balaban J connectivity index is 1.95. The van der Waals surface area contributed by atoms with E-state index in [0.717, 1.165) is 30.4 Å². The van der Waals surface area contributed by atoms with Crippen molar-refractivity contribution in [1.29, 1.82) is 0 Å². The maximum Gasteiger partial charge on any atom is 0.335 e. The molecule has 3 aromatic carbocycles. The Bertz CT molecular complexity index is 1060. The maximum absolute atomic E-state index is 11.5. The summed E-state index contributed by atoms with van der Waals surface area (Å²) in [6.45, 7) is 4.41. The summed E-state index contributed by atoms with van der Waals surface area (Å²) in [7, 11) is 0. The van der Waals surface area contributed by atoms with Gasteiger partial charge in [0.25, 0.3) is 0 Å². The molecule has 0 aliphatic heterocycles. The highest BCUT2D eigenvalue weighted by molar-refractivity contribution is 6.00. The van der Waals surface area contributed by atoms with Crippen molar-refractivity contribution in [3.8, 4) is 0 Å². The van der Waals surface area contributed by atoms with Crippen LogP contribution in [0.2, 0.25) is 0 Å². The van der Waals surface area contributed by atoms with Gasteiger partial charge in [-0.2, -0.15) is 0 Å². The molecule has 29 heavy (non-hydrogen) atoms. The topological polar surface area (TPSA) is 37.3 Å². The summed E-state index contributed by atoms with van der Waals surface area (Å²) in [5, 5.41) is 9.44. The lowest BCUT2D eigenvalue weighted by atomic mass is 9.86. The van der Waals surface area contributed by atoms with Gasteiger partial charge in [0.15, 0.2) is 0 Å². The molecule has 0 saturated carbocycles. The third kappa shape index (κ3) is 3.88. The third-order valence-electron chi connectivity index (χ3n) is 5.78. The van der Waals surface area contributed by atoms with Crippen molar-refractivity contribution in [2.45, 2.75) is 39.0 Å². The van der Waals surface area contributed by atoms with Gasteiger partial charge in [0.05, 0.1) is 5.56 Å². The second kappa shape index (κ2) is 8.08. The lowest BCUT2D eigenvalue weighted by molar-refractivity contribution is 0.0696. The first-order chi connectivity index (χ1) is 14.0. The molecule has 2 heteroatoms. The molecule has 0 radical (unpaired) electrons. The predicted molar refractivity (Wildman–Crippen MR) is 119 cm³/mol. The molecule has 1 aliphatic carbocycles. The van der Waals surface area contributed by atoms with Crippen LogP contribution in [-0.2, 0) is 6.42 Å². The van der Waals surface area contributed by atoms with Crippen molar-refractivity contribution in [3.05, 3.63) is 106 Å². The van der Waals surface area contributed by atoms with Crippen LogP contribution >= 0.6 is 0 Å². The van der Waals surface area contributed by atoms with Crippen LogP contribution in [0.4, 0.5) is 0 Å². The van der Waals surface area contributed by atoms with Gasteiger partial charge in [-0.1, -0.05) is 74.5 Å². The van der Waals surface area contributed by atoms with E-state index in [9.17, 15) is 9.90 Å². The Kier molecular flexibility index (Phi) is 5.35. The summed E-state index contributed by atoms with van der Waals surface area (Å²) in [5.41, 5.74) is 8.97. The van der Waals surface area contributed by atoms with Crippen LogP contribution in [0.25, 0.3) is 11.1 Å². The molecule has 0 atom stereocenters. The van der Waals surface area contributed by atoms with Gasteiger partial charge < -0.3 is 5.11 Å². The highest BCUT2D eigenvalue weighted by Gasteiger charge is 2.21. The first-order valence-electron chi connectivity index (χ1n) is 10.3. The molecule has 0 bridgehead atoms. The Morgan fingerprint density at radius 3 is 2.24 bits per heavy atom. The molecule has 146 valence electrons. The normalized spacial score (nSPS) is 13.9. The average Bonchev–Trinajstić information content (AvgIpc) is 2.93. The zero-order valence-electron chi connectivity index (χ0n) is 17.0. The molecule has 0 fully saturated rings. The summed E-state index contributed by atoms with van der Waals surface area (Å²) in [4.78, 5) is 11.5. The van der Waals surface area contributed by atoms with E-state index in [1.165, 1.54) is 27.8 Å². The van der Waals surface area contributed by atoms with E-state index < -0.39 is 5.97 Å². The van der Waals surface area contributed by atoms with Crippen LogP contribution in [0.1, 0.15) is 70.8 Å². The minimum absolute atomic E-state index is 0.362. The summed E-state index contributed by atoms with van der Waals surface area (Å²) in [6, 6.07) is 25.0. The van der Waals surface area contributed by atoms with Gasteiger partial charge in [-0.25, -0.2) is 4.79 Å². The number of hydrogen-bond acceptors (Lipinski definition) is 1. The minimum atomic E-state index is -0.868. The molecule has 0 spiro atoms. The van der Waals surface area contributed by atoms with Crippen LogP contribution in [0.3, 0.4) is 0 Å². The molecule has 0 heterocycles. The predicted octanol–water partition coefficient (Wildman–Crippen LogP) is 6.80. The summed E-state index contributed by atoms with van der Waals surface area (Å²) >= 11 is 0. The number of carbonyl (C=O) groups is 1. The first kappa shape index (κ1) is 19.2. The van der Waals surface area contributed by atoms with Gasteiger partial charge in [0.1, 0.15) is 0 Å². The number of carboxylic acid groups (broad SMARTS) is 1. The van der Waals surface area contributed by atoms with Crippen molar-refractivity contribution in [2.75, 3.05) is 0 Å². The van der Waals surface area contributed by atoms with Gasteiger partial charge in [-0.3, -0.25) is 0 Å². The van der Waals surface area contributed by atoms with Crippen LogP contribution in [0, 0.1) is 0 Å². The second-order valence-electron chi connectivity index (χ2n) is 8.03. The quantitative estimate of drug-likeness (QED) is 0.538. The summed E-state index contributed by atoms with van der Waals surface area (Å²) in [6.07, 6.45) is 2.87. The molecule has 3 aromatic rings. The maximum atomic E-state index is 11.5. The Hall–Kier alpha value is -3.13.